The summed E-state index contributed by atoms with van der Waals surface area (Å²) in [5.74, 6) is 0.773. The first-order valence-electron chi connectivity index (χ1n) is 8.30. The summed E-state index contributed by atoms with van der Waals surface area (Å²) < 4.78 is 27.5. The molecule has 136 valence electrons. The van der Waals surface area contributed by atoms with Gasteiger partial charge in [-0.25, -0.2) is 13.1 Å². The molecule has 0 heterocycles. The molecule has 0 saturated heterocycles. The molecule has 6 nitrogen and oxygen atoms in total. The maximum atomic E-state index is 12.4. The highest BCUT2D eigenvalue weighted by atomic mass is 32.2. The maximum Gasteiger partial charge on any atom is 0.240 e. The van der Waals surface area contributed by atoms with Gasteiger partial charge in [-0.3, -0.25) is 4.99 Å². The number of guanidine groups is 1. The van der Waals surface area contributed by atoms with Gasteiger partial charge >= 0.3 is 0 Å². The molecule has 0 atom stereocenters. The van der Waals surface area contributed by atoms with Crippen molar-refractivity contribution in [2.45, 2.75) is 38.5 Å². The van der Waals surface area contributed by atoms with E-state index in [0.717, 1.165) is 36.5 Å². The summed E-state index contributed by atoms with van der Waals surface area (Å²) in [4.78, 5) is 6.60. The van der Waals surface area contributed by atoms with Gasteiger partial charge in [-0.05, 0) is 37.5 Å². The van der Waals surface area contributed by atoms with Crippen LogP contribution in [0, 0.1) is 13.8 Å². The lowest BCUT2D eigenvalue weighted by Crippen LogP contribution is -2.42. The molecule has 7 heteroatoms. The highest BCUT2D eigenvalue weighted by Crippen LogP contribution is 2.16. The molecule has 0 amide bonds. The van der Waals surface area contributed by atoms with E-state index in [1.54, 1.807) is 20.0 Å². The Morgan fingerprint density at radius 2 is 1.96 bits per heavy atom. The van der Waals surface area contributed by atoms with E-state index in [4.69, 9.17) is 0 Å². The highest BCUT2D eigenvalue weighted by molar-refractivity contribution is 7.89. The average Bonchev–Trinajstić information content (AvgIpc) is 2.54. The number of rotatable bonds is 8. The standard InChI is InChI=1S/C17H30N4O2S/c1-6-7-12-21(5)17(18-4)19-10-11-20-24(22,23)16-13-14(2)8-9-15(16)3/h8-9,13,20H,6-7,10-12H2,1-5H3,(H,18,19). The predicted molar refractivity (Wildman–Crippen MR) is 100 cm³/mol. The lowest BCUT2D eigenvalue weighted by Gasteiger charge is -2.21. The number of sulfonamides is 1. The molecular formula is C17H30N4O2S. The van der Waals surface area contributed by atoms with Crippen molar-refractivity contribution in [2.24, 2.45) is 4.99 Å². The van der Waals surface area contributed by atoms with Gasteiger partial charge < -0.3 is 10.2 Å². The fourth-order valence-corrected chi connectivity index (χ4v) is 3.68. The van der Waals surface area contributed by atoms with Crippen molar-refractivity contribution in [3.05, 3.63) is 29.3 Å². The van der Waals surface area contributed by atoms with E-state index in [1.807, 2.05) is 31.0 Å². The van der Waals surface area contributed by atoms with Crippen molar-refractivity contribution in [3.63, 3.8) is 0 Å². The molecule has 2 N–H and O–H groups in total. The minimum Gasteiger partial charge on any atom is -0.355 e. The summed E-state index contributed by atoms with van der Waals surface area (Å²) in [5.41, 5.74) is 1.67. The topological polar surface area (TPSA) is 73.8 Å². The zero-order valence-corrected chi connectivity index (χ0v) is 16.2. The summed E-state index contributed by atoms with van der Waals surface area (Å²) in [6.07, 6.45) is 2.22. The van der Waals surface area contributed by atoms with Gasteiger partial charge in [0.15, 0.2) is 5.96 Å². The average molecular weight is 355 g/mol. The predicted octanol–water partition coefficient (Wildman–Crippen LogP) is 1.89. The number of aryl methyl sites for hydroxylation is 2. The van der Waals surface area contributed by atoms with Crippen LogP contribution in [-0.2, 0) is 10.0 Å². The van der Waals surface area contributed by atoms with Crippen LogP contribution in [0.4, 0.5) is 0 Å². The van der Waals surface area contributed by atoms with Crippen molar-refractivity contribution in [1.82, 2.24) is 14.9 Å². The molecule has 0 aliphatic rings. The summed E-state index contributed by atoms with van der Waals surface area (Å²) in [6, 6.07) is 5.43. The molecule has 1 rings (SSSR count). The third-order valence-corrected chi connectivity index (χ3v) is 5.36. The second kappa shape index (κ2) is 9.64. The number of hydrogen-bond donors (Lipinski definition) is 2. The first kappa shape index (κ1) is 20.4. The molecule has 0 fully saturated rings. The van der Waals surface area contributed by atoms with Crippen LogP contribution in [0.5, 0.6) is 0 Å². The Kier molecular flexibility index (Phi) is 8.21. The number of unbranched alkanes of at least 4 members (excludes halogenated alkanes) is 1. The maximum absolute atomic E-state index is 12.4. The molecule has 1 aromatic rings. The van der Waals surface area contributed by atoms with Crippen LogP contribution in [0.1, 0.15) is 30.9 Å². The van der Waals surface area contributed by atoms with E-state index in [-0.39, 0.29) is 0 Å². The molecule has 1 aromatic carbocycles. The second-order valence-corrected chi connectivity index (χ2v) is 7.65. The Balaban J connectivity index is 2.56. The van der Waals surface area contributed by atoms with E-state index in [0.29, 0.717) is 18.0 Å². The minimum atomic E-state index is -3.50. The van der Waals surface area contributed by atoms with Crippen LogP contribution < -0.4 is 10.0 Å². The highest BCUT2D eigenvalue weighted by Gasteiger charge is 2.16. The summed E-state index contributed by atoms with van der Waals surface area (Å²) in [6.45, 7) is 7.53. The Morgan fingerprint density at radius 3 is 2.58 bits per heavy atom. The molecular weight excluding hydrogens is 324 g/mol. The quantitative estimate of drug-likeness (QED) is 0.425. The molecule has 0 aliphatic carbocycles. The number of nitrogens with zero attached hydrogens (tertiary/aromatic N) is 2. The lowest BCUT2D eigenvalue weighted by atomic mass is 10.2. The number of benzene rings is 1. The Morgan fingerprint density at radius 1 is 1.25 bits per heavy atom. The van der Waals surface area contributed by atoms with Gasteiger partial charge in [0, 0.05) is 33.7 Å². The van der Waals surface area contributed by atoms with Crippen molar-refractivity contribution in [2.75, 3.05) is 33.7 Å². The Bertz CT molecular complexity index is 657. The largest absolute Gasteiger partial charge is 0.355 e. The van der Waals surface area contributed by atoms with Crippen LogP contribution in [-0.4, -0.2) is 53.0 Å². The summed E-state index contributed by atoms with van der Waals surface area (Å²) >= 11 is 0. The van der Waals surface area contributed by atoms with Gasteiger partial charge in [0.1, 0.15) is 0 Å². The first-order valence-corrected chi connectivity index (χ1v) is 9.78. The van der Waals surface area contributed by atoms with Crippen molar-refractivity contribution in [1.29, 1.82) is 0 Å². The minimum absolute atomic E-state index is 0.302. The molecule has 0 aliphatic heterocycles. The summed E-state index contributed by atoms with van der Waals surface area (Å²) in [5, 5.41) is 3.18. The first-order chi connectivity index (χ1) is 11.3. The third kappa shape index (κ3) is 6.13. The summed E-state index contributed by atoms with van der Waals surface area (Å²) in [7, 11) is 0.209. The van der Waals surface area contributed by atoms with Crippen LogP contribution in [0.15, 0.2) is 28.1 Å². The van der Waals surface area contributed by atoms with Gasteiger partial charge in [-0.2, -0.15) is 0 Å². The van der Waals surface area contributed by atoms with Crippen LogP contribution >= 0.6 is 0 Å². The van der Waals surface area contributed by atoms with Gasteiger partial charge in [0.25, 0.3) is 0 Å². The normalized spacial score (nSPS) is 12.3. The Hall–Kier alpha value is -1.60. The lowest BCUT2D eigenvalue weighted by molar-refractivity contribution is 0.465. The van der Waals surface area contributed by atoms with E-state index >= 15 is 0 Å². The van der Waals surface area contributed by atoms with Gasteiger partial charge in [0.2, 0.25) is 10.0 Å². The number of aliphatic imine (C=N–C) groups is 1. The van der Waals surface area contributed by atoms with Crippen molar-refractivity contribution < 1.29 is 8.42 Å². The molecule has 0 saturated carbocycles. The fraction of sp³-hybridized carbons (Fsp3) is 0.588. The van der Waals surface area contributed by atoms with E-state index in [1.165, 1.54) is 0 Å². The Labute approximate surface area is 146 Å². The molecule has 0 spiro atoms. The van der Waals surface area contributed by atoms with Gasteiger partial charge in [0.05, 0.1) is 4.90 Å². The van der Waals surface area contributed by atoms with E-state index < -0.39 is 10.0 Å². The van der Waals surface area contributed by atoms with Crippen LogP contribution in [0.2, 0.25) is 0 Å². The monoisotopic (exact) mass is 354 g/mol. The smallest absolute Gasteiger partial charge is 0.240 e. The number of nitrogens with one attached hydrogen (secondary N) is 2. The molecule has 24 heavy (non-hydrogen) atoms. The van der Waals surface area contributed by atoms with Crippen molar-refractivity contribution >= 4 is 16.0 Å². The SMILES string of the molecule is CCCCN(C)C(=NC)NCCNS(=O)(=O)c1cc(C)ccc1C. The van der Waals surface area contributed by atoms with Crippen molar-refractivity contribution in [3.8, 4) is 0 Å². The zero-order chi connectivity index (χ0) is 18.2. The van der Waals surface area contributed by atoms with E-state index in [9.17, 15) is 8.42 Å². The number of hydrogen-bond acceptors (Lipinski definition) is 3. The zero-order valence-electron chi connectivity index (χ0n) is 15.4. The van der Waals surface area contributed by atoms with Crippen LogP contribution in [0.3, 0.4) is 0 Å². The van der Waals surface area contributed by atoms with E-state index in [2.05, 4.69) is 22.0 Å². The van der Waals surface area contributed by atoms with Crippen LogP contribution in [0.25, 0.3) is 0 Å². The molecule has 0 unspecified atom stereocenters. The van der Waals surface area contributed by atoms with Gasteiger partial charge in [-0.1, -0.05) is 25.5 Å². The molecule has 0 bridgehead atoms. The second-order valence-electron chi connectivity index (χ2n) is 5.92. The van der Waals surface area contributed by atoms with Gasteiger partial charge in [-0.15, -0.1) is 0 Å². The molecule has 0 aromatic heterocycles. The third-order valence-electron chi connectivity index (χ3n) is 3.75. The fourth-order valence-electron chi connectivity index (χ4n) is 2.32. The molecule has 0 radical (unpaired) electrons.